The molecule has 0 saturated heterocycles. The normalized spacial score (nSPS) is 14.2. The maximum absolute atomic E-state index is 12.6. The maximum atomic E-state index is 12.6. The number of ether oxygens (including phenoxy) is 2. The van der Waals surface area contributed by atoms with Gasteiger partial charge in [-0.15, -0.1) is 0 Å². The minimum Gasteiger partial charge on any atom is -0.756 e. The zero-order valence-electron chi connectivity index (χ0n) is 33.7. The van der Waals surface area contributed by atoms with E-state index < -0.39 is 32.5 Å². The van der Waals surface area contributed by atoms with Crippen LogP contribution in [0.5, 0.6) is 0 Å². The molecule has 0 amide bonds. The summed E-state index contributed by atoms with van der Waals surface area (Å²) in [7, 11) is 1.13. The maximum Gasteiger partial charge on any atom is 0.306 e. The molecule has 10 heteroatoms. The van der Waals surface area contributed by atoms with Gasteiger partial charge in [0.05, 0.1) is 27.7 Å². The van der Waals surface area contributed by atoms with Crippen molar-refractivity contribution in [1.29, 1.82) is 0 Å². The molecule has 0 N–H and O–H groups in total. The van der Waals surface area contributed by atoms with Crippen molar-refractivity contribution in [2.45, 2.75) is 161 Å². The van der Waals surface area contributed by atoms with Crippen LogP contribution >= 0.6 is 7.82 Å². The second kappa shape index (κ2) is 34.7. The number of quaternary nitrogens is 1. The highest BCUT2D eigenvalue weighted by atomic mass is 31.2. The average Bonchev–Trinajstić information content (AvgIpc) is 3.09. The summed E-state index contributed by atoms with van der Waals surface area (Å²) in [6.07, 6.45) is 38.5. The molecule has 0 heterocycles. The molecular formula is C42H76NO8P. The Morgan fingerprint density at radius 2 is 1.04 bits per heavy atom. The number of hydrogen-bond donors (Lipinski definition) is 0. The van der Waals surface area contributed by atoms with E-state index in [1.54, 1.807) is 0 Å². The predicted molar refractivity (Wildman–Crippen MR) is 213 cm³/mol. The first-order valence-corrected chi connectivity index (χ1v) is 21.8. The van der Waals surface area contributed by atoms with Crippen LogP contribution in [0.1, 0.15) is 155 Å². The first-order valence-electron chi connectivity index (χ1n) is 20.3. The Balaban J connectivity index is 4.51. The molecule has 0 aliphatic carbocycles. The molecule has 0 aromatic rings. The van der Waals surface area contributed by atoms with Gasteiger partial charge in [-0.2, -0.15) is 0 Å². The molecule has 0 saturated carbocycles. The lowest BCUT2D eigenvalue weighted by Gasteiger charge is -2.28. The number of phosphoric ester groups is 1. The van der Waals surface area contributed by atoms with Crippen LogP contribution in [0.15, 0.2) is 48.6 Å². The summed E-state index contributed by atoms with van der Waals surface area (Å²) in [5, 5.41) is 0. The van der Waals surface area contributed by atoms with Crippen LogP contribution in [0, 0.1) is 0 Å². The van der Waals surface area contributed by atoms with Crippen molar-refractivity contribution in [3.05, 3.63) is 48.6 Å². The largest absolute Gasteiger partial charge is 0.756 e. The number of rotatable bonds is 36. The molecule has 0 aromatic heterocycles. The van der Waals surface area contributed by atoms with Gasteiger partial charge in [-0.1, -0.05) is 114 Å². The summed E-state index contributed by atoms with van der Waals surface area (Å²) in [6.45, 7) is 4.10. The van der Waals surface area contributed by atoms with Crippen LogP contribution in [-0.4, -0.2) is 70.0 Å². The lowest BCUT2D eigenvalue weighted by Crippen LogP contribution is -2.37. The van der Waals surface area contributed by atoms with Gasteiger partial charge in [0.25, 0.3) is 7.82 Å². The van der Waals surface area contributed by atoms with E-state index in [9.17, 15) is 19.0 Å². The summed E-state index contributed by atoms with van der Waals surface area (Å²) < 4.78 is 33.7. The van der Waals surface area contributed by atoms with Gasteiger partial charge in [0.15, 0.2) is 6.10 Å². The van der Waals surface area contributed by atoms with E-state index in [2.05, 4.69) is 62.5 Å². The highest BCUT2D eigenvalue weighted by molar-refractivity contribution is 7.45. The van der Waals surface area contributed by atoms with Crippen molar-refractivity contribution in [1.82, 2.24) is 0 Å². The highest BCUT2D eigenvalue weighted by Gasteiger charge is 2.21. The number of hydrogen-bond acceptors (Lipinski definition) is 8. The zero-order chi connectivity index (χ0) is 38.6. The number of nitrogens with zero attached hydrogens (tertiary/aromatic N) is 1. The molecule has 0 rings (SSSR count). The third-order valence-electron chi connectivity index (χ3n) is 8.32. The summed E-state index contributed by atoms with van der Waals surface area (Å²) in [5.74, 6) is -0.894. The van der Waals surface area contributed by atoms with Crippen molar-refractivity contribution < 1.29 is 42.1 Å². The fourth-order valence-electron chi connectivity index (χ4n) is 5.07. The standard InChI is InChI=1S/C42H76NO8P/c1-6-8-10-12-14-16-18-20-21-23-25-27-29-31-33-35-42(45)51-40(39-50-52(46,47)49-37-36-43(3,4)5)38-48-41(44)34-32-30-28-26-24-22-19-17-15-13-11-9-7-2/h14,16-17,19-21,25,27,40H,6-13,15,18,22-24,26,28-39H2,1-5H3/b16-14+,19-17+,21-20+,27-25+/t40-/m1/s1. The third-order valence-corrected chi connectivity index (χ3v) is 9.29. The van der Waals surface area contributed by atoms with Crippen molar-refractivity contribution in [3.63, 3.8) is 0 Å². The monoisotopic (exact) mass is 754 g/mol. The Morgan fingerprint density at radius 1 is 0.596 bits per heavy atom. The third kappa shape index (κ3) is 37.7. The molecule has 0 aromatic carbocycles. The molecule has 9 nitrogen and oxygen atoms in total. The van der Waals surface area contributed by atoms with E-state index in [0.29, 0.717) is 23.9 Å². The van der Waals surface area contributed by atoms with Gasteiger partial charge >= 0.3 is 11.9 Å². The molecular weight excluding hydrogens is 677 g/mol. The first-order chi connectivity index (χ1) is 25.0. The lowest BCUT2D eigenvalue weighted by molar-refractivity contribution is -0.870. The molecule has 0 fully saturated rings. The van der Waals surface area contributed by atoms with Crippen LogP contribution < -0.4 is 4.89 Å². The Morgan fingerprint density at radius 3 is 1.63 bits per heavy atom. The van der Waals surface area contributed by atoms with E-state index in [-0.39, 0.29) is 26.1 Å². The van der Waals surface area contributed by atoms with Crippen molar-refractivity contribution in [3.8, 4) is 0 Å². The van der Waals surface area contributed by atoms with Crippen molar-refractivity contribution in [2.75, 3.05) is 47.5 Å². The van der Waals surface area contributed by atoms with Gasteiger partial charge in [0.1, 0.15) is 19.8 Å². The second-order valence-electron chi connectivity index (χ2n) is 14.6. The van der Waals surface area contributed by atoms with E-state index in [1.807, 2.05) is 21.1 Å². The van der Waals surface area contributed by atoms with Crippen LogP contribution in [0.2, 0.25) is 0 Å². The number of likely N-dealkylation sites (N-methyl/N-ethyl adjacent to an activating group) is 1. The Hall–Kier alpha value is -2.03. The Kier molecular flexibility index (Phi) is 33.4. The van der Waals surface area contributed by atoms with Gasteiger partial charge in [0, 0.05) is 12.8 Å². The SMILES string of the molecule is CCCCC/C=C/C/C=C/C/C=C/CCCCC(=O)O[C@H](COC(=O)CCCCCCC/C=C/CCCCCC)COP(=O)([O-])OCC[N+](C)(C)C. The summed E-state index contributed by atoms with van der Waals surface area (Å²) in [5.41, 5.74) is 0. The van der Waals surface area contributed by atoms with E-state index in [0.717, 1.165) is 64.2 Å². The van der Waals surface area contributed by atoms with Gasteiger partial charge in [0.2, 0.25) is 0 Å². The second-order valence-corrected chi connectivity index (χ2v) is 16.1. The van der Waals surface area contributed by atoms with E-state index in [1.165, 1.54) is 51.4 Å². The van der Waals surface area contributed by atoms with Crippen molar-refractivity contribution >= 4 is 19.8 Å². The Labute approximate surface area is 318 Å². The number of carbonyl (C=O) groups is 2. The van der Waals surface area contributed by atoms with Gasteiger partial charge in [-0.25, -0.2) is 0 Å². The summed E-state index contributed by atoms with van der Waals surface area (Å²) in [4.78, 5) is 37.4. The van der Waals surface area contributed by atoms with Crippen molar-refractivity contribution in [2.24, 2.45) is 0 Å². The molecule has 0 aliphatic rings. The minimum absolute atomic E-state index is 0.0409. The molecule has 0 bridgehead atoms. The molecule has 2 atom stereocenters. The fourth-order valence-corrected chi connectivity index (χ4v) is 5.79. The number of phosphoric acid groups is 1. The molecule has 1 unspecified atom stereocenters. The first kappa shape index (κ1) is 50.0. The molecule has 52 heavy (non-hydrogen) atoms. The molecule has 0 aliphatic heterocycles. The van der Waals surface area contributed by atoms with Crippen LogP contribution in [0.4, 0.5) is 0 Å². The predicted octanol–water partition coefficient (Wildman–Crippen LogP) is 10.5. The number of carbonyl (C=O) groups excluding carboxylic acids is 2. The minimum atomic E-state index is -4.63. The number of allylic oxidation sites excluding steroid dienone is 8. The van der Waals surface area contributed by atoms with Crippen LogP contribution in [0.25, 0.3) is 0 Å². The average molecular weight is 754 g/mol. The number of unbranched alkanes of at least 4 members (excludes halogenated alkanes) is 14. The van der Waals surface area contributed by atoms with Crippen LogP contribution in [0.3, 0.4) is 0 Å². The molecule has 302 valence electrons. The molecule has 0 spiro atoms. The zero-order valence-corrected chi connectivity index (χ0v) is 34.6. The summed E-state index contributed by atoms with van der Waals surface area (Å²) >= 11 is 0. The number of esters is 2. The van der Waals surface area contributed by atoms with E-state index in [4.69, 9.17) is 18.5 Å². The van der Waals surface area contributed by atoms with Gasteiger partial charge < -0.3 is 27.9 Å². The fraction of sp³-hybridized carbons (Fsp3) is 0.762. The van der Waals surface area contributed by atoms with Gasteiger partial charge in [-0.05, 0) is 77.0 Å². The topological polar surface area (TPSA) is 111 Å². The van der Waals surface area contributed by atoms with E-state index >= 15 is 0 Å². The summed E-state index contributed by atoms with van der Waals surface area (Å²) in [6, 6.07) is 0. The quantitative estimate of drug-likeness (QED) is 0.0204. The molecule has 0 radical (unpaired) electrons. The highest BCUT2D eigenvalue weighted by Crippen LogP contribution is 2.38. The smallest absolute Gasteiger partial charge is 0.306 e. The Bertz CT molecular complexity index is 1030. The lowest BCUT2D eigenvalue weighted by atomic mass is 10.1. The van der Waals surface area contributed by atoms with Gasteiger partial charge in [-0.3, -0.25) is 14.2 Å². The van der Waals surface area contributed by atoms with Crippen LogP contribution in [-0.2, 0) is 32.7 Å².